The van der Waals surface area contributed by atoms with Crippen LogP contribution in [0.1, 0.15) is 55.9 Å². The summed E-state index contributed by atoms with van der Waals surface area (Å²) in [4.78, 5) is 4.56. The number of nitrogens with zero attached hydrogens (tertiary/aromatic N) is 2. The fourth-order valence-electron chi connectivity index (χ4n) is 2.45. The molecule has 16 heavy (non-hydrogen) atoms. The fourth-order valence-corrected chi connectivity index (χ4v) is 2.45. The maximum absolute atomic E-state index is 5.69. The van der Waals surface area contributed by atoms with Crippen LogP contribution in [0, 0.1) is 0 Å². The molecule has 2 atom stereocenters. The van der Waals surface area contributed by atoms with Crippen molar-refractivity contribution in [2.24, 2.45) is 0 Å². The van der Waals surface area contributed by atoms with E-state index in [2.05, 4.69) is 20.5 Å². The summed E-state index contributed by atoms with van der Waals surface area (Å²) in [6, 6.07) is 0.341. The molecule has 3 rings (SSSR count). The molecule has 1 aromatic heterocycles. The van der Waals surface area contributed by atoms with Crippen LogP contribution in [0.15, 0.2) is 0 Å². The van der Waals surface area contributed by atoms with E-state index in [9.17, 15) is 0 Å². The van der Waals surface area contributed by atoms with E-state index < -0.39 is 0 Å². The van der Waals surface area contributed by atoms with Gasteiger partial charge < -0.3 is 10.1 Å². The molecule has 0 amide bonds. The second-order valence-corrected chi connectivity index (χ2v) is 4.58. The first kappa shape index (κ1) is 10.2. The van der Waals surface area contributed by atoms with Crippen molar-refractivity contribution in [1.82, 2.24) is 20.5 Å². The summed E-state index contributed by atoms with van der Waals surface area (Å²) in [5.41, 5.74) is 0. The van der Waals surface area contributed by atoms with Crippen LogP contribution >= 0.6 is 0 Å². The van der Waals surface area contributed by atoms with Crippen LogP contribution in [0.4, 0.5) is 0 Å². The molecule has 88 valence electrons. The van der Waals surface area contributed by atoms with Gasteiger partial charge in [0.2, 0.25) is 0 Å². The van der Waals surface area contributed by atoms with Gasteiger partial charge in [0.15, 0.2) is 11.6 Å². The molecule has 2 aliphatic heterocycles. The Morgan fingerprint density at radius 2 is 2.19 bits per heavy atom. The molecular formula is C11H18N4O. The van der Waals surface area contributed by atoms with Gasteiger partial charge in [0.1, 0.15) is 6.10 Å². The van der Waals surface area contributed by atoms with Gasteiger partial charge in [0, 0.05) is 6.61 Å². The summed E-state index contributed by atoms with van der Waals surface area (Å²) in [5, 5.41) is 10.7. The molecule has 0 spiro atoms. The van der Waals surface area contributed by atoms with Gasteiger partial charge in [-0.25, -0.2) is 4.98 Å². The highest BCUT2D eigenvalue weighted by molar-refractivity contribution is 5.01. The van der Waals surface area contributed by atoms with Crippen molar-refractivity contribution in [2.75, 3.05) is 13.2 Å². The van der Waals surface area contributed by atoms with Crippen molar-refractivity contribution < 1.29 is 4.74 Å². The first-order valence-electron chi connectivity index (χ1n) is 6.20. The minimum absolute atomic E-state index is 0.136. The van der Waals surface area contributed by atoms with E-state index in [-0.39, 0.29) is 6.10 Å². The maximum atomic E-state index is 5.69. The van der Waals surface area contributed by atoms with Gasteiger partial charge in [-0.3, -0.25) is 5.10 Å². The summed E-state index contributed by atoms with van der Waals surface area (Å²) < 4.78 is 5.69. The third-order valence-electron chi connectivity index (χ3n) is 3.38. The van der Waals surface area contributed by atoms with E-state index in [1.165, 1.54) is 19.3 Å². The van der Waals surface area contributed by atoms with E-state index >= 15 is 0 Å². The number of aromatic nitrogens is 3. The minimum atomic E-state index is 0.136. The number of hydrogen-bond donors (Lipinski definition) is 2. The molecule has 2 saturated heterocycles. The van der Waals surface area contributed by atoms with E-state index in [4.69, 9.17) is 4.74 Å². The van der Waals surface area contributed by atoms with Crippen molar-refractivity contribution in [1.29, 1.82) is 0 Å². The molecule has 5 nitrogen and oxygen atoms in total. The standard InChI is InChI=1S/C11H18N4O/c1-2-7-16-9(5-1)11-13-10(14-15-11)8-4-3-6-12-8/h8-9,12H,1-7H2,(H,13,14,15). The first-order chi connectivity index (χ1) is 7.93. The van der Waals surface area contributed by atoms with Crippen molar-refractivity contribution in [3.63, 3.8) is 0 Å². The van der Waals surface area contributed by atoms with Gasteiger partial charge in [-0.05, 0) is 38.6 Å². The quantitative estimate of drug-likeness (QED) is 0.795. The number of rotatable bonds is 2. The van der Waals surface area contributed by atoms with Crippen LogP contribution < -0.4 is 5.32 Å². The van der Waals surface area contributed by atoms with Gasteiger partial charge in [-0.15, -0.1) is 0 Å². The molecule has 2 unspecified atom stereocenters. The Morgan fingerprint density at radius 3 is 2.94 bits per heavy atom. The molecule has 5 heteroatoms. The molecule has 0 radical (unpaired) electrons. The van der Waals surface area contributed by atoms with E-state index in [1.54, 1.807) is 0 Å². The second-order valence-electron chi connectivity index (χ2n) is 4.58. The molecule has 2 aliphatic rings. The summed E-state index contributed by atoms with van der Waals surface area (Å²) in [6.07, 6.45) is 5.95. The second kappa shape index (κ2) is 4.51. The van der Waals surface area contributed by atoms with Crippen molar-refractivity contribution in [2.45, 2.75) is 44.2 Å². The third kappa shape index (κ3) is 1.97. The van der Waals surface area contributed by atoms with E-state index in [0.29, 0.717) is 6.04 Å². The molecule has 0 bridgehead atoms. The lowest BCUT2D eigenvalue weighted by molar-refractivity contribution is 0.00961. The number of aromatic amines is 1. The topological polar surface area (TPSA) is 62.8 Å². The Bertz CT molecular complexity index is 340. The van der Waals surface area contributed by atoms with Crippen molar-refractivity contribution in [3.05, 3.63) is 11.6 Å². The summed E-state index contributed by atoms with van der Waals surface area (Å²) >= 11 is 0. The maximum Gasteiger partial charge on any atom is 0.167 e. The normalized spacial score (nSPS) is 30.8. The third-order valence-corrected chi connectivity index (χ3v) is 3.38. The summed E-state index contributed by atoms with van der Waals surface area (Å²) in [5.74, 6) is 1.81. The van der Waals surface area contributed by atoms with E-state index in [0.717, 1.165) is 37.6 Å². The highest BCUT2D eigenvalue weighted by Crippen LogP contribution is 2.27. The van der Waals surface area contributed by atoms with Crippen LogP contribution in [-0.2, 0) is 4.74 Å². The van der Waals surface area contributed by atoms with Crippen LogP contribution in [-0.4, -0.2) is 28.3 Å². The number of H-pyrrole nitrogens is 1. The average molecular weight is 222 g/mol. The zero-order chi connectivity index (χ0) is 10.8. The molecule has 1 aromatic rings. The predicted molar refractivity (Wildman–Crippen MR) is 58.9 cm³/mol. The zero-order valence-electron chi connectivity index (χ0n) is 9.41. The van der Waals surface area contributed by atoms with Crippen LogP contribution in [0.3, 0.4) is 0 Å². The molecule has 3 heterocycles. The highest BCUT2D eigenvalue weighted by Gasteiger charge is 2.24. The van der Waals surface area contributed by atoms with Gasteiger partial charge >= 0.3 is 0 Å². The fraction of sp³-hybridized carbons (Fsp3) is 0.818. The minimum Gasteiger partial charge on any atom is -0.370 e. The first-order valence-corrected chi connectivity index (χ1v) is 6.20. The largest absolute Gasteiger partial charge is 0.370 e. The summed E-state index contributed by atoms with van der Waals surface area (Å²) in [6.45, 7) is 1.93. The molecule has 0 saturated carbocycles. The smallest absolute Gasteiger partial charge is 0.167 e. The number of nitrogens with one attached hydrogen (secondary N) is 2. The lowest BCUT2D eigenvalue weighted by Crippen LogP contribution is -2.15. The molecule has 0 aliphatic carbocycles. The number of ether oxygens (including phenoxy) is 1. The van der Waals surface area contributed by atoms with Gasteiger partial charge in [0.05, 0.1) is 6.04 Å². The van der Waals surface area contributed by atoms with Crippen molar-refractivity contribution in [3.8, 4) is 0 Å². The van der Waals surface area contributed by atoms with Gasteiger partial charge in [-0.2, -0.15) is 5.10 Å². The zero-order valence-corrected chi connectivity index (χ0v) is 9.41. The molecule has 2 N–H and O–H groups in total. The van der Waals surface area contributed by atoms with Crippen LogP contribution in [0.5, 0.6) is 0 Å². The van der Waals surface area contributed by atoms with Crippen LogP contribution in [0.2, 0.25) is 0 Å². The van der Waals surface area contributed by atoms with Gasteiger partial charge in [-0.1, -0.05) is 0 Å². The lowest BCUT2D eigenvalue weighted by Gasteiger charge is -2.19. The molecule has 0 aromatic carbocycles. The Balaban J connectivity index is 1.71. The monoisotopic (exact) mass is 222 g/mol. The Labute approximate surface area is 95.0 Å². The number of hydrogen-bond acceptors (Lipinski definition) is 4. The summed E-state index contributed by atoms with van der Waals surface area (Å²) in [7, 11) is 0. The Kier molecular flexibility index (Phi) is 2.88. The Hall–Kier alpha value is -0.940. The predicted octanol–water partition coefficient (Wildman–Crippen LogP) is 1.47. The SMILES string of the molecule is C1CCC(c2nc(C3CCCN3)n[nH]2)OC1. The van der Waals surface area contributed by atoms with E-state index in [1.807, 2.05) is 0 Å². The van der Waals surface area contributed by atoms with Gasteiger partial charge in [0.25, 0.3) is 0 Å². The molecule has 2 fully saturated rings. The van der Waals surface area contributed by atoms with Crippen molar-refractivity contribution >= 4 is 0 Å². The Morgan fingerprint density at radius 1 is 1.19 bits per heavy atom. The van der Waals surface area contributed by atoms with Crippen LogP contribution in [0.25, 0.3) is 0 Å². The molecular weight excluding hydrogens is 204 g/mol. The lowest BCUT2D eigenvalue weighted by atomic mass is 10.1. The average Bonchev–Trinajstić information content (AvgIpc) is 3.01. The highest BCUT2D eigenvalue weighted by atomic mass is 16.5.